The van der Waals surface area contributed by atoms with Gasteiger partial charge in [0, 0.05) is 13.6 Å². The molecule has 8 heteroatoms. The van der Waals surface area contributed by atoms with Gasteiger partial charge in [0.15, 0.2) is 11.9 Å². The van der Waals surface area contributed by atoms with Crippen LogP contribution in [-0.4, -0.2) is 51.8 Å². The van der Waals surface area contributed by atoms with Crippen molar-refractivity contribution < 1.29 is 9.47 Å². The minimum absolute atomic E-state index is 0.0965. The van der Waals surface area contributed by atoms with E-state index in [0.717, 1.165) is 23.4 Å². The Bertz CT molecular complexity index is 633. The molecular weight excluding hydrogens is 270 g/mol. The van der Waals surface area contributed by atoms with E-state index in [-0.39, 0.29) is 17.7 Å². The first-order valence-corrected chi connectivity index (χ1v) is 6.46. The number of ether oxygens (including phenoxy) is 2. The zero-order valence-electron chi connectivity index (χ0n) is 10.3. The van der Waals surface area contributed by atoms with Crippen LogP contribution in [0.3, 0.4) is 0 Å². The summed E-state index contributed by atoms with van der Waals surface area (Å²) in [5.41, 5.74) is 0.731. The molecule has 2 bridgehead atoms. The van der Waals surface area contributed by atoms with Gasteiger partial charge in [0.1, 0.15) is 11.9 Å². The molecule has 0 spiro atoms. The molecule has 2 saturated heterocycles. The summed E-state index contributed by atoms with van der Waals surface area (Å²) in [5.74, 6) is 0.798. The highest BCUT2D eigenvalue weighted by Crippen LogP contribution is 2.29. The fourth-order valence-corrected chi connectivity index (χ4v) is 2.76. The molecule has 4 heterocycles. The fourth-order valence-electron chi connectivity index (χ4n) is 2.60. The smallest absolute Gasteiger partial charge is 0.226 e. The lowest BCUT2D eigenvalue weighted by Gasteiger charge is -2.31. The Labute approximate surface area is 114 Å². The highest BCUT2D eigenvalue weighted by molar-refractivity contribution is 6.28. The Morgan fingerprint density at radius 2 is 2.26 bits per heavy atom. The highest BCUT2D eigenvalue weighted by atomic mass is 35.5. The van der Waals surface area contributed by atoms with Crippen LogP contribution < -0.4 is 4.90 Å². The summed E-state index contributed by atoms with van der Waals surface area (Å²) in [7, 11) is 1.83. The maximum absolute atomic E-state index is 6.01. The van der Waals surface area contributed by atoms with E-state index in [0.29, 0.717) is 13.2 Å². The lowest BCUT2D eigenvalue weighted by Crippen LogP contribution is -2.43. The van der Waals surface area contributed by atoms with Crippen LogP contribution in [0.2, 0.25) is 5.28 Å². The molecule has 2 aromatic heterocycles. The molecule has 19 heavy (non-hydrogen) atoms. The SMILES string of the molecule is Cn1ncc2c(N3CC4COC(C3)O4)nc(Cl)nc21. The number of hydrogen-bond donors (Lipinski definition) is 0. The average Bonchev–Trinajstić information content (AvgIpc) is 2.92. The van der Waals surface area contributed by atoms with Crippen molar-refractivity contribution in [2.75, 3.05) is 24.6 Å². The monoisotopic (exact) mass is 281 g/mol. The second kappa shape index (κ2) is 4.03. The summed E-state index contributed by atoms with van der Waals surface area (Å²) < 4.78 is 12.8. The summed E-state index contributed by atoms with van der Waals surface area (Å²) in [6, 6.07) is 0. The van der Waals surface area contributed by atoms with E-state index < -0.39 is 0 Å². The Morgan fingerprint density at radius 3 is 3.11 bits per heavy atom. The summed E-state index contributed by atoms with van der Waals surface area (Å²) in [4.78, 5) is 10.7. The van der Waals surface area contributed by atoms with Crippen LogP contribution in [0.5, 0.6) is 0 Å². The van der Waals surface area contributed by atoms with E-state index in [1.165, 1.54) is 0 Å². The molecule has 2 aromatic rings. The lowest BCUT2D eigenvalue weighted by molar-refractivity contribution is -0.0626. The number of hydrogen-bond acceptors (Lipinski definition) is 6. The molecule has 2 aliphatic rings. The largest absolute Gasteiger partial charge is 0.348 e. The Kier molecular flexibility index (Phi) is 2.41. The fraction of sp³-hybridized carbons (Fsp3) is 0.545. The molecule has 0 saturated carbocycles. The van der Waals surface area contributed by atoms with Gasteiger partial charge < -0.3 is 14.4 Å². The Hall–Kier alpha value is -1.44. The molecule has 0 N–H and O–H groups in total. The molecule has 0 aliphatic carbocycles. The van der Waals surface area contributed by atoms with Crippen molar-refractivity contribution >= 4 is 28.5 Å². The third kappa shape index (κ3) is 1.77. The second-order valence-electron chi connectivity index (χ2n) is 4.75. The summed E-state index contributed by atoms with van der Waals surface area (Å²) in [5, 5.41) is 5.34. The highest BCUT2D eigenvalue weighted by Gasteiger charge is 2.36. The van der Waals surface area contributed by atoms with Crippen molar-refractivity contribution in [3.63, 3.8) is 0 Å². The van der Waals surface area contributed by atoms with Gasteiger partial charge in [-0.1, -0.05) is 0 Å². The quantitative estimate of drug-likeness (QED) is 0.713. The van der Waals surface area contributed by atoms with Crippen LogP contribution in [0.1, 0.15) is 0 Å². The molecule has 100 valence electrons. The number of halogens is 1. The van der Waals surface area contributed by atoms with Crippen LogP contribution in [-0.2, 0) is 16.5 Å². The molecule has 0 amide bonds. The first-order chi connectivity index (χ1) is 9.20. The van der Waals surface area contributed by atoms with Crippen LogP contribution in [0.4, 0.5) is 5.82 Å². The maximum Gasteiger partial charge on any atom is 0.226 e. The third-order valence-electron chi connectivity index (χ3n) is 3.45. The molecule has 2 unspecified atom stereocenters. The van der Waals surface area contributed by atoms with Crippen LogP contribution >= 0.6 is 11.6 Å². The summed E-state index contributed by atoms with van der Waals surface area (Å²) in [6.45, 7) is 2.03. The molecule has 2 fully saturated rings. The third-order valence-corrected chi connectivity index (χ3v) is 3.62. The standard InChI is InChI=1S/C11H12ClN5O2/c1-16-9-7(2-13-16)10(15-11(12)14-9)17-3-6-5-18-8(4-17)19-6/h2,6,8H,3-5H2,1H3. The van der Waals surface area contributed by atoms with Crippen molar-refractivity contribution in [3.8, 4) is 0 Å². The Morgan fingerprint density at radius 1 is 1.37 bits per heavy atom. The Balaban J connectivity index is 1.82. The maximum atomic E-state index is 6.01. The van der Waals surface area contributed by atoms with E-state index >= 15 is 0 Å². The zero-order chi connectivity index (χ0) is 13.0. The van der Waals surface area contributed by atoms with Crippen LogP contribution in [0.15, 0.2) is 6.20 Å². The van der Waals surface area contributed by atoms with Gasteiger partial charge in [-0.2, -0.15) is 15.1 Å². The first-order valence-electron chi connectivity index (χ1n) is 6.08. The normalized spacial score (nSPS) is 26.3. The van der Waals surface area contributed by atoms with E-state index in [2.05, 4.69) is 20.0 Å². The number of anilines is 1. The van der Waals surface area contributed by atoms with Crippen molar-refractivity contribution in [1.82, 2.24) is 19.7 Å². The van der Waals surface area contributed by atoms with Gasteiger partial charge in [-0.3, -0.25) is 4.68 Å². The van der Waals surface area contributed by atoms with E-state index in [1.54, 1.807) is 10.9 Å². The molecule has 4 rings (SSSR count). The van der Waals surface area contributed by atoms with Gasteiger partial charge in [0.2, 0.25) is 5.28 Å². The molecule has 7 nitrogen and oxygen atoms in total. The molecule has 0 radical (unpaired) electrons. The number of aromatic nitrogens is 4. The van der Waals surface area contributed by atoms with Crippen molar-refractivity contribution in [1.29, 1.82) is 0 Å². The van der Waals surface area contributed by atoms with Gasteiger partial charge >= 0.3 is 0 Å². The van der Waals surface area contributed by atoms with E-state index in [1.807, 2.05) is 7.05 Å². The van der Waals surface area contributed by atoms with Crippen LogP contribution in [0.25, 0.3) is 11.0 Å². The molecule has 2 atom stereocenters. The predicted molar refractivity (Wildman–Crippen MR) is 68.1 cm³/mol. The van der Waals surface area contributed by atoms with Gasteiger partial charge in [-0.15, -0.1) is 0 Å². The second-order valence-corrected chi connectivity index (χ2v) is 5.09. The number of rotatable bonds is 1. The van der Waals surface area contributed by atoms with E-state index in [9.17, 15) is 0 Å². The molecule has 0 aromatic carbocycles. The first kappa shape index (κ1) is 11.4. The number of nitrogens with zero attached hydrogens (tertiary/aromatic N) is 5. The summed E-state index contributed by atoms with van der Waals surface area (Å²) in [6.07, 6.45) is 1.68. The van der Waals surface area contributed by atoms with Gasteiger partial charge in [-0.05, 0) is 11.6 Å². The molecule has 2 aliphatic heterocycles. The number of morpholine rings is 1. The van der Waals surface area contributed by atoms with Crippen molar-refractivity contribution in [2.24, 2.45) is 7.05 Å². The molecular formula is C11H12ClN5O2. The topological polar surface area (TPSA) is 65.3 Å². The van der Waals surface area contributed by atoms with Gasteiger partial charge in [0.05, 0.1) is 24.7 Å². The predicted octanol–water partition coefficient (Wildman–Crippen LogP) is 0.578. The number of aryl methyl sites for hydroxylation is 1. The zero-order valence-corrected chi connectivity index (χ0v) is 11.0. The van der Waals surface area contributed by atoms with Crippen molar-refractivity contribution in [2.45, 2.75) is 12.4 Å². The minimum Gasteiger partial charge on any atom is -0.348 e. The van der Waals surface area contributed by atoms with Gasteiger partial charge in [-0.25, -0.2) is 0 Å². The summed E-state index contributed by atoms with van der Waals surface area (Å²) >= 11 is 6.01. The van der Waals surface area contributed by atoms with Crippen molar-refractivity contribution in [3.05, 3.63) is 11.5 Å². The average molecular weight is 282 g/mol. The number of fused-ring (bicyclic) bond motifs is 3. The lowest BCUT2D eigenvalue weighted by atomic mass is 10.2. The van der Waals surface area contributed by atoms with Gasteiger partial charge in [0.25, 0.3) is 0 Å². The van der Waals surface area contributed by atoms with E-state index in [4.69, 9.17) is 21.1 Å². The van der Waals surface area contributed by atoms with Crippen LogP contribution in [0, 0.1) is 0 Å². The minimum atomic E-state index is -0.181.